The van der Waals surface area contributed by atoms with E-state index in [1.807, 2.05) is 85.8 Å². The second-order valence-corrected chi connectivity index (χ2v) is 9.13. The average Bonchev–Trinajstić information content (AvgIpc) is 2.91. The van der Waals surface area contributed by atoms with Crippen LogP contribution in [0.5, 0.6) is 0 Å². The molecule has 0 saturated carbocycles. The summed E-state index contributed by atoms with van der Waals surface area (Å²) in [6, 6.07) is 32.5. The third-order valence-electron chi connectivity index (χ3n) is 6.79. The standard InChI is InChI=1S/C31H33N3O2/c1-22(26-19-18-23-11-8-9-16-27(23)21-26)34(28(30(33)35)17-10-20-32)31(36)29(24-12-4-2-5-13-24)25-14-6-3-7-15-25/h2-9,11-16,18-19,21-22,28-29H,10,17,20,32H2,1H3,(H2,33,35)/t22-,28-/m1/s1. The minimum Gasteiger partial charge on any atom is -0.368 e. The number of fused-ring (bicyclic) bond motifs is 1. The molecule has 0 aliphatic heterocycles. The zero-order valence-corrected chi connectivity index (χ0v) is 20.6. The summed E-state index contributed by atoms with van der Waals surface area (Å²) in [5.74, 6) is -1.26. The molecule has 4 rings (SSSR count). The molecule has 5 heteroatoms. The van der Waals surface area contributed by atoms with Crippen molar-refractivity contribution in [1.29, 1.82) is 0 Å². The molecule has 2 amide bonds. The molecule has 0 saturated heterocycles. The first-order valence-electron chi connectivity index (χ1n) is 12.4. The number of carbonyl (C=O) groups is 2. The van der Waals surface area contributed by atoms with Crippen LogP contribution < -0.4 is 11.5 Å². The lowest BCUT2D eigenvalue weighted by Gasteiger charge is -2.38. The molecule has 36 heavy (non-hydrogen) atoms. The highest BCUT2D eigenvalue weighted by Crippen LogP contribution is 2.34. The fourth-order valence-electron chi connectivity index (χ4n) is 4.89. The molecule has 0 spiro atoms. The molecule has 5 nitrogen and oxygen atoms in total. The van der Waals surface area contributed by atoms with Crippen LogP contribution in [0.2, 0.25) is 0 Å². The van der Waals surface area contributed by atoms with Gasteiger partial charge in [-0.05, 0) is 59.8 Å². The number of hydrogen-bond acceptors (Lipinski definition) is 3. The smallest absolute Gasteiger partial charge is 0.240 e. The molecule has 4 N–H and O–H groups in total. The van der Waals surface area contributed by atoms with Crippen molar-refractivity contribution in [2.24, 2.45) is 11.5 Å². The predicted molar refractivity (Wildman–Crippen MR) is 145 cm³/mol. The fraction of sp³-hybridized carbons (Fsp3) is 0.226. The van der Waals surface area contributed by atoms with Crippen LogP contribution in [0.1, 0.15) is 48.4 Å². The van der Waals surface area contributed by atoms with Gasteiger partial charge in [0.25, 0.3) is 0 Å². The Balaban J connectivity index is 1.83. The molecular formula is C31H33N3O2. The van der Waals surface area contributed by atoms with E-state index in [4.69, 9.17) is 11.5 Å². The monoisotopic (exact) mass is 479 g/mol. The van der Waals surface area contributed by atoms with Gasteiger partial charge in [-0.1, -0.05) is 97.1 Å². The predicted octanol–water partition coefficient (Wildman–Crippen LogP) is 5.15. The normalized spacial score (nSPS) is 12.9. The van der Waals surface area contributed by atoms with Crippen LogP contribution >= 0.6 is 0 Å². The molecule has 0 aromatic heterocycles. The molecule has 0 fully saturated rings. The van der Waals surface area contributed by atoms with Gasteiger partial charge >= 0.3 is 0 Å². The zero-order valence-electron chi connectivity index (χ0n) is 20.6. The Morgan fingerprint density at radius 1 is 0.750 bits per heavy atom. The first kappa shape index (κ1) is 25.1. The molecule has 4 aromatic carbocycles. The van der Waals surface area contributed by atoms with Gasteiger partial charge < -0.3 is 16.4 Å². The molecule has 0 radical (unpaired) electrons. The van der Waals surface area contributed by atoms with E-state index in [0.717, 1.165) is 27.5 Å². The SMILES string of the molecule is C[C@H](c1ccc2ccccc2c1)N(C(=O)C(c1ccccc1)c1ccccc1)[C@H](CCCN)C(N)=O. The van der Waals surface area contributed by atoms with Crippen LogP contribution in [0, 0.1) is 0 Å². The van der Waals surface area contributed by atoms with E-state index in [0.29, 0.717) is 19.4 Å². The Morgan fingerprint density at radius 3 is 1.86 bits per heavy atom. The van der Waals surface area contributed by atoms with E-state index in [1.165, 1.54) is 0 Å². The number of carbonyl (C=O) groups excluding carboxylic acids is 2. The third-order valence-corrected chi connectivity index (χ3v) is 6.79. The van der Waals surface area contributed by atoms with Gasteiger partial charge in [-0.2, -0.15) is 0 Å². The molecule has 4 aromatic rings. The largest absolute Gasteiger partial charge is 0.368 e. The summed E-state index contributed by atoms with van der Waals surface area (Å²) < 4.78 is 0. The Bertz CT molecular complexity index is 1270. The van der Waals surface area contributed by atoms with Crippen molar-refractivity contribution < 1.29 is 9.59 Å². The molecular weight excluding hydrogens is 446 g/mol. The van der Waals surface area contributed by atoms with E-state index in [9.17, 15) is 9.59 Å². The van der Waals surface area contributed by atoms with Crippen molar-refractivity contribution in [3.05, 3.63) is 120 Å². The van der Waals surface area contributed by atoms with Crippen LogP contribution in [0.4, 0.5) is 0 Å². The summed E-state index contributed by atoms with van der Waals surface area (Å²) in [6.07, 6.45) is 0.995. The number of rotatable bonds is 10. The van der Waals surface area contributed by atoms with Crippen molar-refractivity contribution in [3.8, 4) is 0 Å². The van der Waals surface area contributed by atoms with E-state index in [-0.39, 0.29) is 11.9 Å². The fourth-order valence-corrected chi connectivity index (χ4v) is 4.89. The van der Waals surface area contributed by atoms with Crippen LogP contribution in [0.15, 0.2) is 103 Å². The Hall–Kier alpha value is -3.96. The van der Waals surface area contributed by atoms with Crippen molar-refractivity contribution >= 4 is 22.6 Å². The topological polar surface area (TPSA) is 89.4 Å². The maximum Gasteiger partial charge on any atom is 0.240 e. The summed E-state index contributed by atoms with van der Waals surface area (Å²) in [7, 11) is 0. The van der Waals surface area contributed by atoms with Crippen molar-refractivity contribution in [1.82, 2.24) is 4.90 Å². The quantitative estimate of drug-likeness (QED) is 0.329. The maximum atomic E-state index is 14.5. The Labute approximate surface area is 212 Å². The van der Waals surface area contributed by atoms with Crippen molar-refractivity contribution in [2.45, 2.75) is 37.8 Å². The number of nitrogens with zero attached hydrogens (tertiary/aromatic N) is 1. The van der Waals surface area contributed by atoms with E-state index in [2.05, 4.69) is 24.3 Å². The molecule has 0 bridgehead atoms. The lowest BCUT2D eigenvalue weighted by Crippen LogP contribution is -2.51. The van der Waals surface area contributed by atoms with Gasteiger partial charge in [0, 0.05) is 0 Å². The lowest BCUT2D eigenvalue weighted by molar-refractivity contribution is -0.142. The number of nitrogens with two attached hydrogens (primary N) is 2. The summed E-state index contributed by atoms with van der Waals surface area (Å²) in [5, 5.41) is 2.20. The molecule has 184 valence electrons. The van der Waals surface area contributed by atoms with Crippen LogP contribution in [0.25, 0.3) is 10.8 Å². The second kappa shape index (κ2) is 11.6. The highest BCUT2D eigenvalue weighted by atomic mass is 16.2. The molecule has 0 unspecified atom stereocenters. The van der Waals surface area contributed by atoms with Gasteiger partial charge in [0.2, 0.25) is 11.8 Å². The van der Waals surface area contributed by atoms with E-state index < -0.39 is 17.9 Å². The number of primary amides is 1. The average molecular weight is 480 g/mol. The van der Waals surface area contributed by atoms with Gasteiger partial charge in [0.15, 0.2) is 0 Å². The van der Waals surface area contributed by atoms with Crippen molar-refractivity contribution in [3.63, 3.8) is 0 Å². The highest BCUT2D eigenvalue weighted by molar-refractivity contribution is 5.92. The lowest BCUT2D eigenvalue weighted by atomic mass is 9.88. The van der Waals surface area contributed by atoms with Crippen molar-refractivity contribution in [2.75, 3.05) is 6.54 Å². The summed E-state index contributed by atoms with van der Waals surface area (Å²) in [5.41, 5.74) is 14.4. The first-order valence-corrected chi connectivity index (χ1v) is 12.4. The number of hydrogen-bond donors (Lipinski definition) is 2. The van der Waals surface area contributed by atoms with Gasteiger partial charge in [0.05, 0.1) is 12.0 Å². The van der Waals surface area contributed by atoms with Gasteiger partial charge in [-0.25, -0.2) is 0 Å². The van der Waals surface area contributed by atoms with E-state index in [1.54, 1.807) is 4.90 Å². The molecule has 0 heterocycles. The maximum absolute atomic E-state index is 14.5. The number of amides is 2. The highest BCUT2D eigenvalue weighted by Gasteiger charge is 2.37. The molecule has 0 aliphatic rings. The minimum atomic E-state index is -0.780. The third kappa shape index (κ3) is 5.47. The van der Waals surface area contributed by atoms with Gasteiger partial charge in [-0.3, -0.25) is 9.59 Å². The van der Waals surface area contributed by atoms with Crippen LogP contribution in [0.3, 0.4) is 0 Å². The second-order valence-electron chi connectivity index (χ2n) is 9.13. The minimum absolute atomic E-state index is 0.158. The first-order chi connectivity index (χ1) is 17.5. The Morgan fingerprint density at radius 2 is 1.31 bits per heavy atom. The summed E-state index contributed by atoms with van der Waals surface area (Å²) in [6.45, 7) is 2.38. The zero-order chi connectivity index (χ0) is 25.5. The summed E-state index contributed by atoms with van der Waals surface area (Å²) in [4.78, 5) is 29.0. The van der Waals surface area contributed by atoms with Gasteiger partial charge in [0.1, 0.15) is 6.04 Å². The van der Waals surface area contributed by atoms with E-state index >= 15 is 0 Å². The molecule has 2 atom stereocenters. The Kier molecular flexibility index (Phi) is 8.13. The van der Waals surface area contributed by atoms with Crippen LogP contribution in [-0.2, 0) is 9.59 Å². The van der Waals surface area contributed by atoms with Crippen LogP contribution in [-0.4, -0.2) is 29.3 Å². The summed E-state index contributed by atoms with van der Waals surface area (Å²) >= 11 is 0. The number of benzene rings is 4. The molecule has 0 aliphatic carbocycles. The van der Waals surface area contributed by atoms with Gasteiger partial charge in [-0.15, -0.1) is 0 Å².